The van der Waals surface area contributed by atoms with Gasteiger partial charge in [0.1, 0.15) is 11.2 Å². The van der Waals surface area contributed by atoms with Gasteiger partial charge in [-0.25, -0.2) is 0 Å². The quantitative estimate of drug-likeness (QED) is 0.605. The maximum absolute atomic E-state index is 5.27. The molecule has 4 nitrogen and oxygen atoms in total. The highest BCUT2D eigenvalue weighted by Gasteiger charge is 2.14. The Morgan fingerprint density at radius 3 is 2.48 bits per heavy atom. The fourth-order valence-electron chi connectivity index (χ4n) is 2.58. The Hall–Kier alpha value is -2.88. The zero-order chi connectivity index (χ0) is 14.2. The van der Waals surface area contributed by atoms with Crippen LogP contribution in [0.4, 0.5) is 0 Å². The van der Waals surface area contributed by atoms with E-state index in [2.05, 4.69) is 21.0 Å². The molecule has 0 spiro atoms. The van der Waals surface area contributed by atoms with Gasteiger partial charge in [-0.3, -0.25) is 0 Å². The Kier molecular flexibility index (Phi) is 2.60. The van der Waals surface area contributed by atoms with Gasteiger partial charge < -0.3 is 9.72 Å². The third kappa shape index (κ3) is 1.84. The molecule has 0 aliphatic carbocycles. The topological polar surface area (TPSA) is 50.8 Å². The second kappa shape index (κ2) is 4.59. The number of rotatable bonds is 2. The maximum atomic E-state index is 5.27. The molecule has 2 heterocycles. The molecule has 0 saturated carbocycles. The van der Waals surface area contributed by atoms with Crippen molar-refractivity contribution < 1.29 is 4.74 Å². The maximum Gasteiger partial charge on any atom is 0.317 e. The van der Waals surface area contributed by atoms with Crippen molar-refractivity contribution in [2.45, 2.75) is 0 Å². The summed E-state index contributed by atoms with van der Waals surface area (Å²) >= 11 is 0. The number of methoxy groups -OCH3 is 1. The van der Waals surface area contributed by atoms with Crippen LogP contribution in [0.15, 0.2) is 54.6 Å². The van der Waals surface area contributed by atoms with Gasteiger partial charge in [0.25, 0.3) is 0 Å². The van der Waals surface area contributed by atoms with E-state index in [0.29, 0.717) is 6.01 Å². The average Bonchev–Trinajstić information content (AvgIpc) is 2.93. The number of aromatic amines is 1. The normalized spacial score (nSPS) is 11.1. The van der Waals surface area contributed by atoms with Crippen molar-refractivity contribution >= 4 is 21.9 Å². The molecule has 0 fully saturated rings. The van der Waals surface area contributed by atoms with E-state index in [9.17, 15) is 0 Å². The molecule has 0 unspecified atom stereocenters. The fraction of sp³-hybridized carbons (Fsp3) is 0.0588. The summed E-state index contributed by atoms with van der Waals surface area (Å²) in [4.78, 5) is 12.4. The Morgan fingerprint density at radius 2 is 1.67 bits per heavy atom. The molecule has 0 aliphatic rings. The smallest absolute Gasteiger partial charge is 0.317 e. The van der Waals surface area contributed by atoms with E-state index in [4.69, 9.17) is 4.74 Å². The molecule has 0 radical (unpaired) electrons. The molecule has 4 heteroatoms. The second-order valence-electron chi connectivity index (χ2n) is 4.82. The lowest BCUT2D eigenvalue weighted by Gasteiger charge is -2.05. The van der Waals surface area contributed by atoms with Crippen molar-refractivity contribution in [1.82, 2.24) is 15.0 Å². The number of aromatic nitrogens is 3. The van der Waals surface area contributed by atoms with Crippen molar-refractivity contribution in [1.29, 1.82) is 0 Å². The summed E-state index contributed by atoms with van der Waals surface area (Å²) in [6.07, 6.45) is 0. The Bertz CT molecular complexity index is 929. The van der Waals surface area contributed by atoms with Crippen LogP contribution in [-0.4, -0.2) is 22.1 Å². The Morgan fingerprint density at radius 1 is 0.905 bits per heavy atom. The van der Waals surface area contributed by atoms with Crippen molar-refractivity contribution in [2.75, 3.05) is 7.11 Å². The van der Waals surface area contributed by atoms with Gasteiger partial charge in [0.15, 0.2) is 0 Å². The van der Waals surface area contributed by atoms with Crippen LogP contribution in [0.2, 0.25) is 0 Å². The van der Waals surface area contributed by atoms with Gasteiger partial charge in [0, 0.05) is 16.5 Å². The van der Waals surface area contributed by atoms with Crippen LogP contribution in [0, 0.1) is 0 Å². The number of benzene rings is 2. The Labute approximate surface area is 121 Å². The van der Waals surface area contributed by atoms with Crippen molar-refractivity contribution in [3.05, 3.63) is 54.6 Å². The summed E-state index contributed by atoms with van der Waals surface area (Å²) in [6, 6.07) is 18.5. The van der Waals surface area contributed by atoms with Crippen LogP contribution in [0.25, 0.3) is 33.2 Å². The molecular weight excluding hydrogens is 262 g/mol. The van der Waals surface area contributed by atoms with E-state index in [-0.39, 0.29) is 0 Å². The molecule has 2 aromatic heterocycles. The van der Waals surface area contributed by atoms with Crippen LogP contribution in [0.3, 0.4) is 0 Å². The first-order chi connectivity index (χ1) is 10.4. The average molecular weight is 275 g/mol. The summed E-state index contributed by atoms with van der Waals surface area (Å²) in [5, 5.41) is 1.07. The van der Waals surface area contributed by atoms with Gasteiger partial charge in [-0.2, -0.15) is 9.97 Å². The molecule has 21 heavy (non-hydrogen) atoms. The highest BCUT2D eigenvalue weighted by atomic mass is 16.5. The van der Waals surface area contributed by atoms with Crippen LogP contribution in [0.1, 0.15) is 0 Å². The van der Waals surface area contributed by atoms with Crippen molar-refractivity contribution in [3.8, 4) is 17.3 Å². The third-order valence-corrected chi connectivity index (χ3v) is 3.56. The predicted octanol–water partition coefficient (Wildman–Crippen LogP) is 3.79. The van der Waals surface area contributed by atoms with E-state index >= 15 is 0 Å². The fourth-order valence-corrected chi connectivity index (χ4v) is 2.58. The molecular formula is C17H13N3O. The van der Waals surface area contributed by atoms with E-state index in [0.717, 1.165) is 33.2 Å². The van der Waals surface area contributed by atoms with Crippen molar-refractivity contribution in [3.63, 3.8) is 0 Å². The highest BCUT2D eigenvalue weighted by Crippen LogP contribution is 2.31. The monoisotopic (exact) mass is 275 g/mol. The summed E-state index contributed by atoms with van der Waals surface area (Å²) in [6.45, 7) is 0. The lowest BCUT2D eigenvalue weighted by Crippen LogP contribution is -1.95. The van der Waals surface area contributed by atoms with E-state index < -0.39 is 0 Å². The van der Waals surface area contributed by atoms with Gasteiger partial charge in [-0.15, -0.1) is 0 Å². The van der Waals surface area contributed by atoms with E-state index in [1.54, 1.807) is 7.11 Å². The van der Waals surface area contributed by atoms with Crippen molar-refractivity contribution in [2.24, 2.45) is 0 Å². The van der Waals surface area contributed by atoms with Crippen LogP contribution >= 0.6 is 0 Å². The largest absolute Gasteiger partial charge is 0.467 e. The lowest BCUT2D eigenvalue weighted by molar-refractivity contribution is 0.382. The standard InChI is InChI=1S/C17H13N3O/c1-21-17-19-14(11-7-3-2-4-8-11)16-15(20-17)12-9-5-6-10-13(12)18-16/h2-10,18H,1H3. The first-order valence-electron chi connectivity index (χ1n) is 6.74. The number of para-hydroxylation sites is 1. The molecule has 0 bridgehead atoms. The molecule has 0 atom stereocenters. The van der Waals surface area contributed by atoms with E-state index in [1.807, 2.05) is 48.5 Å². The van der Waals surface area contributed by atoms with Gasteiger partial charge in [0.05, 0.1) is 12.6 Å². The van der Waals surface area contributed by atoms with Crippen LogP contribution < -0.4 is 4.74 Å². The van der Waals surface area contributed by atoms with Crippen LogP contribution in [-0.2, 0) is 0 Å². The minimum Gasteiger partial charge on any atom is -0.467 e. The predicted molar refractivity (Wildman–Crippen MR) is 83.4 cm³/mol. The number of ether oxygens (including phenoxy) is 1. The van der Waals surface area contributed by atoms with Gasteiger partial charge in [-0.1, -0.05) is 48.5 Å². The number of hydrogen-bond acceptors (Lipinski definition) is 3. The summed E-state index contributed by atoms with van der Waals surface area (Å²) in [5.74, 6) is 0. The number of nitrogens with zero attached hydrogens (tertiary/aromatic N) is 2. The molecule has 4 aromatic rings. The zero-order valence-corrected chi connectivity index (χ0v) is 11.5. The molecule has 102 valence electrons. The summed E-state index contributed by atoms with van der Waals surface area (Å²) < 4.78 is 5.27. The van der Waals surface area contributed by atoms with Gasteiger partial charge >= 0.3 is 6.01 Å². The highest BCUT2D eigenvalue weighted by molar-refractivity contribution is 6.08. The SMILES string of the molecule is COc1nc(-c2ccccc2)c2[nH]c3ccccc3c2n1. The van der Waals surface area contributed by atoms with E-state index in [1.165, 1.54) is 0 Å². The van der Waals surface area contributed by atoms with Gasteiger partial charge in [0.2, 0.25) is 0 Å². The molecule has 4 rings (SSSR count). The summed E-state index contributed by atoms with van der Waals surface area (Å²) in [7, 11) is 1.59. The number of H-pyrrole nitrogens is 1. The molecule has 2 aromatic carbocycles. The molecule has 0 saturated heterocycles. The lowest BCUT2D eigenvalue weighted by atomic mass is 10.1. The summed E-state index contributed by atoms with van der Waals surface area (Å²) in [5.41, 5.74) is 4.76. The molecule has 0 amide bonds. The second-order valence-corrected chi connectivity index (χ2v) is 4.82. The van der Waals surface area contributed by atoms with Crippen LogP contribution in [0.5, 0.6) is 6.01 Å². The number of hydrogen-bond donors (Lipinski definition) is 1. The first-order valence-corrected chi connectivity index (χ1v) is 6.74. The van der Waals surface area contributed by atoms with Gasteiger partial charge in [-0.05, 0) is 6.07 Å². The molecule has 0 aliphatic heterocycles. The first kappa shape index (κ1) is 11.9. The molecule has 1 N–H and O–H groups in total. The minimum absolute atomic E-state index is 0.381. The minimum atomic E-state index is 0.381. The number of nitrogens with one attached hydrogen (secondary N) is 1. The Balaban J connectivity index is 2.14. The third-order valence-electron chi connectivity index (χ3n) is 3.56. The number of fused-ring (bicyclic) bond motifs is 3. The zero-order valence-electron chi connectivity index (χ0n) is 11.5.